The van der Waals surface area contributed by atoms with Crippen LogP contribution in [0.2, 0.25) is 0 Å². The zero-order valence-electron chi connectivity index (χ0n) is 16.1. The Morgan fingerprint density at radius 3 is 2.28 bits per heavy atom. The van der Waals surface area contributed by atoms with Crippen molar-refractivity contribution >= 4 is 11.8 Å². The number of benzene rings is 2. The van der Waals surface area contributed by atoms with Crippen molar-refractivity contribution in [2.24, 2.45) is 0 Å². The second-order valence-electron chi connectivity index (χ2n) is 6.67. The molecule has 2 aromatic carbocycles. The number of nitrogens with zero attached hydrogens (tertiary/aromatic N) is 5. The molecule has 1 fully saturated rings. The largest absolute Gasteiger partial charge is 0.497 e. The molecule has 0 bridgehead atoms. The minimum atomic E-state index is -0.180. The number of carbonyl (C=O) groups is 2. The molecule has 8 heteroatoms. The van der Waals surface area contributed by atoms with Crippen LogP contribution in [0, 0.1) is 0 Å². The van der Waals surface area contributed by atoms with E-state index in [1.54, 1.807) is 41.2 Å². The van der Waals surface area contributed by atoms with E-state index in [9.17, 15) is 9.59 Å². The monoisotopic (exact) mass is 391 g/mol. The summed E-state index contributed by atoms with van der Waals surface area (Å²) in [5, 5.41) is 8.48. The maximum Gasteiger partial charge on any atom is 0.276 e. The number of rotatable bonds is 4. The van der Waals surface area contributed by atoms with Crippen molar-refractivity contribution < 1.29 is 14.3 Å². The summed E-state index contributed by atoms with van der Waals surface area (Å²) in [5.74, 6) is 0.401. The highest BCUT2D eigenvalue weighted by Crippen LogP contribution is 2.16. The number of methoxy groups -OCH3 is 1. The number of amides is 2. The Balaban J connectivity index is 1.39. The molecule has 2 amide bonds. The molecular formula is C21H21N5O3. The normalized spacial score (nSPS) is 14.0. The van der Waals surface area contributed by atoms with Crippen molar-refractivity contribution in [3.63, 3.8) is 0 Å². The van der Waals surface area contributed by atoms with Gasteiger partial charge in [0.1, 0.15) is 5.75 Å². The van der Waals surface area contributed by atoms with Gasteiger partial charge in [0.15, 0.2) is 5.69 Å². The molecule has 148 valence electrons. The third-order valence-corrected chi connectivity index (χ3v) is 4.87. The minimum absolute atomic E-state index is 0.0639. The lowest BCUT2D eigenvalue weighted by molar-refractivity contribution is 0.0532. The number of hydrogen-bond donors (Lipinski definition) is 0. The summed E-state index contributed by atoms with van der Waals surface area (Å²) < 4.78 is 5.19. The molecule has 0 N–H and O–H groups in total. The molecule has 29 heavy (non-hydrogen) atoms. The summed E-state index contributed by atoms with van der Waals surface area (Å²) in [7, 11) is 1.57. The van der Waals surface area contributed by atoms with Gasteiger partial charge in [-0.3, -0.25) is 9.59 Å². The van der Waals surface area contributed by atoms with E-state index in [1.165, 1.54) is 11.0 Å². The van der Waals surface area contributed by atoms with Gasteiger partial charge >= 0.3 is 0 Å². The Labute approximate surface area is 168 Å². The van der Waals surface area contributed by atoms with E-state index in [0.717, 1.165) is 5.69 Å². The van der Waals surface area contributed by atoms with Gasteiger partial charge in [0, 0.05) is 31.7 Å². The summed E-state index contributed by atoms with van der Waals surface area (Å²) in [5.41, 5.74) is 1.66. The molecule has 8 nitrogen and oxygen atoms in total. The molecule has 0 spiro atoms. The molecule has 0 atom stereocenters. The predicted molar refractivity (Wildman–Crippen MR) is 106 cm³/mol. The van der Waals surface area contributed by atoms with Crippen LogP contribution in [0.3, 0.4) is 0 Å². The number of ether oxygens (including phenoxy) is 1. The highest BCUT2D eigenvalue weighted by molar-refractivity contribution is 5.95. The number of aromatic nitrogens is 3. The van der Waals surface area contributed by atoms with Crippen LogP contribution in [0.1, 0.15) is 20.8 Å². The average molecular weight is 391 g/mol. The Morgan fingerprint density at radius 1 is 0.897 bits per heavy atom. The van der Waals surface area contributed by atoms with Crippen molar-refractivity contribution in [3.8, 4) is 11.4 Å². The smallest absolute Gasteiger partial charge is 0.276 e. The van der Waals surface area contributed by atoms with Crippen molar-refractivity contribution in [1.82, 2.24) is 24.8 Å². The fraction of sp³-hybridized carbons (Fsp3) is 0.238. The molecule has 4 rings (SSSR count). The molecule has 0 saturated carbocycles. The molecular weight excluding hydrogens is 370 g/mol. The van der Waals surface area contributed by atoms with Crippen LogP contribution < -0.4 is 4.74 Å². The van der Waals surface area contributed by atoms with Crippen LogP contribution >= 0.6 is 0 Å². The van der Waals surface area contributed by atoms with Gasteiger partial charge in [0.25, 0.3) is 11.8 Å². The number of piperazine rings is 1. The number of hydrogen-bond acceptors (Lipinski definition) is 5. The van der Waals surface area contributed by atoms with Gasteiger partial charge in [-0.1, -0.05) is 24.3 Å². The molecule has 1 aliphatic heterocycles. The molecule has 1 saturated heterocycles. The molecule has 1 aromatic heterocycles. The summed E-state index contributed by atoms with van der Waals surface area (Å²) in [6, 6.07) is 16.5. The van der Waals surface area contributed by atoms with E-state index in [4.69, 9.17) is 4.74 Å². The van der Waals surface area contributed by atoms with Gasteiger partial charge in [0.05, 0.1) is 19.0 Å². The van der Waals surface area contributed by atoms with E-state index in [1.807, 2.05) is 30.3 Å². The minimum Gasteiger partial charge on any atom is -0.497 e. The van der Waals surface area contributed by atoms with Crippen molar-refractivity contribution in [2.45, 2.75) is 0 Å². The summed E-state index contributed by atoms with van der Waals surface area (Å²) >= 11 is 0. The van der Waals surface area contributed by atoms with Gasteiger partial charge < -0.3 is 14.5 Å². The average Bonchev–Trinajstić information content (AvgIpc) is 3.29. The Hall–Kier alpha value is -3.68. The van der Waals surface area contributed by atoms with Crippen LogP contribution in [-0.2, 0) is 0 Å². The maximum absolute atomic E-state index is 12.8. The lowest BCUT2D eigenvalue weighted by atomic mass is 10.1. The third-order valence-electron chi connectivity index (χ3n) is 4.87. The molecule has 0 unspecified atom stereocenters. The first kappa shape index (κ1) is 18.7. The predicted octanol–water partition coefficient (Wildman–Crippen LogP) is 1.87. The topological polar surface area (TPSA) is 80.6 Å². The summed E-state index contributed by atoms with van der Waals surface area (Å²) in [6.07, 6.45) is 1.48. The number of carbonyl (C=O) groups excluding carboxylic acids is 2. The highest BCUT2D eigenvalue weighted by atomic mass is 16.5. The van der Waals surface area contributed by atoms with Gasteiger partial charge in [-0.2, -0.15) is 9.90 Å². The molecule has 1 aliphatic rings. The van der Waals surface area contributed by atoms with Gasteiger partial charge in [-0.05, 0) is 30.3 Å². The van der Waals surface area contributed by atoms with Gasteiger partial charge in [-0.15, -0.1) is 5.10 Å². The number of para-hydroxylation sites is 1. The first-order valence-electron chi connectivity index (χ1n) is 9.36. The standard InChI is InChI=1S/C21H21N5O3/c1-29-18-9-5-6-16(14-18)20(27)24-10-12-25(13-11-24)21(28)19-15-22-26(23-19)17-7-3-2-4-8-17/h2-9,14-15H,10-13H2,1H3. The van der Waals surface area contributed by atoms with Crippen molar-refractivity contribution in [1.29, 1.82) is 0 Å². The van der Waals surface area contributed by atoms with E-state index in [0.29, 0.717) is 43.2 Å². The van der Waals surface area contributed by atoms with E-state index in [2.05, 4.69) is 10.2 Å². The van der Waals surface area contributed by atoms with Crippen LogP contribution in [0.25, 0.3) is 5.69 Å². The lowest BCUT2D eigenvalue weighted by Gasteiger charge is -2.34. The van der Waals surface area contributed by atoms with Gasteiger partial charge in [0.2, 0.25) is 0 Å². The van der Waals surface area contributed by atoms with E-state index < -0.39 is 0 Å². The van der Waals surface area contributed by atoms with Crippen LogP contribution in [0.15, 0.2) is 60.8 Å². The van der Waals surface area contributed by atoms with Gasteiger partial charge in [-0.25, -0.2) is 0 Å². The Bertz CT molecular complexity index is 1010. The van der Waals surface area contributed by atoms with Crippen LogP contribution in [0.5, 0.6) is 5.75 Å². The van der Waals surface area contributed by atoms with Crippen LogP contribution in [0.4, 0.5) is 0 Å². The second kappa shape index (κ2) is 8.14. The molecule has 2 heterocycles. The Kier molecular flexibility index (Phi) is 5.24. The first-order chi connectivity index (χ1) is 14.2. The lowest BCUT2D eigenvalue weighted by Crippen LogP contribution is -2.50. The molecule has 0 aliphatic carbocycles. The fourth-order valence-corrected chi connectivity index (χ4v) is 3.26. The molecule has 0 radical (unpaired) electrons. The SMILES string of the molecule is COc1cccc(C(=O)N2CCN(C(=O)c3cnn(-c4ccccc4)n3)CC2)c1. The maximum atomic E-state index is 12.8. The molecule has 3 aromatic rings. The zero-order valence-corrected chi connectivity index (χ0v) is 16.1. The third kappa shape index (κ3) is 3.96. The second-order valence-corrected chi connectivity index (χ2v) is 6.67. The first-order valence-corrected chi connectivity index (χ1v) is 9.36. The Morgan fingerprint density at radius 2 is 1.59 bits per heavy atom. The summed E-state index contributed by atoms with van der Waals surface area (Å²) in [4.78, 5) is 30.4. The quantitative estimate of drug-likeness (QED) is 0.678. The van der Waals surface area contributed by atoms with Crippen molar-refractivity contribution in [2.75, 3.05) is 33.3 Å². The highest BCUT2D eigenvalue weighted by Gasteiger charge is 2.27. The van der Waals surface area contributed by atoms with E-state index in [-0.39, 0.29) is 11.8 Å². The van der Waals surface area contributed by atoms with E-state index >= 15 is 0 Å². The van der Waals surface area contributed by atoms with Crippen molar-refractivity contribution in [3.05, 3.63) is 72.1 Å². The van der Waals surface area contributed by atoms with Crippen LogP contribution in [-0.4, -0.2) is 69.9 Å². The zero-order chi connectivity index (χ0) is 20.2. The fourth-order valence-electron chi connectivity index (χ4n) is 3.26. The summed E-state index contributed by atoms with van der Waals surface area (Å²) in [6.45, 7) is 1.84.